The zero-order valence-corrected chi connectivity index (χ0v) is 11.1. The van der Waals surface area contributed by atoms with E-state index in [1.807, 2.05) is 0 Å². The van der Waals surface area contributed by atoms with E-state index in [-0.39, 0.29) is 0 Å². The Morgan fingerprint density at radius 1 is 1.33 bits per heavy atom. The summed E-state index contributed by atoms with van der Waals surface area (Å²) in [7, 11) is 0. The predicted octanol–water partition coefficient (Wildman–Crippen LogP) is 2.48. The highest BCUT2D eigenvalue weighted by Crippen LogP contribution is 2.38. The topological polar surface area (TPSA) is 29.3 Å². The number of nitrogens with two attached hydrogens (primary N) is 1. The van der Waals surface area contributed by atoms with Gasteiger partial charge in [-0.3, -0.25) is 4.90 Å². The van der Waals surface area contributed by atoms with E-state index in [9.17, 15) is 0 Å². The maximum Gasteiger partial charge on any atom is 0.0125 e. The van der Waals surface area contributed by atoms with E-state index < -0.39 is 0 Å². The molecule has 90 valence electrons. The van der Waals surface area contributed by atoms with Crippen LogP contribution >= 0.6 is 0 Å². The van der Waals surface area contributed by atoms with Crippen LogP contribution in [-0.2, 0) is 0 Å². The first-order valence-corrected chi connectivity index (χ1v) is 6.22. The number of likely N-dealkylation sites (tertiary alicyclic amines) is 1. The van der Waals surface area contributed by atoms with Gasteiger partial charge >= 0.3 is 0 Å². The maximum atomic E-state index is 5.69. The third kappa shape index (κ3) is 3.18. The molecule has 1 rings (SSSR count). The molecule has 1 fully saturated rings. The van der Waals surface area contributed by atoms with Crippen LogP contribution in [0.4, 0.5) is 0 Å². The zero-order valence-electron chi connectivity index (χ0n) is 11.1. The molecule has 0 bridgehead atoms. The molecule has 0 saturated carbocycles. The highest BCUT2D eigenvalue weighted by atomic mass is 15.2. The average Bonchev–Trinajstić information content (AvgIpc) is 2.06. The van der Waals surface area contributed by atoms with Crippen LogP contribution in [0.15, 0.2) is 0 Å². The van der Waals surface area contributed by atoms with Gasteiger partial charge in [0.15, 0.2) is 0 Å². The quantitative estimate of drug-likeness (QED) is 0.762. The van der Waals surface area contributed by atoms with Crippen LogP contribution in [0.2, 0.25) is 0 Å². The van der Waals surface area contributed by atoms with Gasteiger partial charge in [0.2, 0.25) is 0 Å². The Balaban J connectivity index is 2.64. The third-order valence-electron chi connectivity index (χ3n) is 3.91. The molecular formula is C13H28N2. The van der Waals surface area contributed by atoms with Crippen LogP contribution < -0.4 is 5.73 Å². The Labute approximate surface area is 95.2 Å². The summed E-state index contributed by atoms with van der Waals surface area (Å²) in [5, 5.41) is 0. The average molecular weight is 212 g/mol. The summed E-state index contributed by atoms with van der Waals surface area (Å²) in [6.07, 6.45) is 2.49. The van der Waals surface area contributed by atoms with Gasteiger partial charge in [0.05, 0.1) is 0 Å². The lowest BCUT2D eigenvalue weighted by molar-refractivity contribution is 0.000404. The van der Waals surface area contributed by atoms with E-state index in [0.29, 0.717) is 11.0 Å². The lowest BCUT2D eigenvalue weighted by Crippen LogP contribution is -2.53. The molecular weight excluding hydrogens is 184 g/mol. The normalized spacial score (nSPS) is 28.0. The Bertz CT molecular complexity index is 203. The lowest BCUT2D eigenvalue weighted by Gasteiger charge is -2.49. The predicted molar refractivity (Wildman–Crippen MR) is 66.9 cm³/mol. The number of hydrogen-bond acceptors (Lipinski definition) is 2. The summed E-state index contributed by atoms with van der Waals surface area (Å²) in [4.78, 5) is 2.61. The van der Waals surface area contributed by atoms with Gasteiger partial charge in [-0.1, -0.05) is 13.8 Å². The van der Waals surface area contributed by atoms with E-state index in [1.165, 1.54) is 25.9 Å². The SMILES string of the molecule is CC1(C)CN(C(C)(C)C)CCC1CCN. The minimum Gasteiger partial charge on any atom is -0.330 e. The van der Waals surface area contributed by atoms with Gasteiger partial charge in [-0.15, -0.1) is 0 Å². The second-order valence-electron chi connectivity index (χ2n) is 6.64. The van der Waals surface area contributed by atoms with Gasteiger partial charge in [-0.05, 0) is 58.0 Å². The van der Waals surface area contributed by atoms with Crippen molar-refractivity contribution in [1.82, 2.24) is 4.90 Å². The van der Waals surface area contributed by atoms with Gasteiger partial charge in [0, 0.05) is 12.1 Å². The highest BCUT2D eigenvalue weighted by Gasteiger charge is 2.38. The molecule has 0 aromatic rings. The molecule has 0 spiro atoms. The summed E-state index contributed by atoms with van der Waals surface area (Å²) in [5.74, 6) is 0.807. The molecule has 1 atom stereocenters. The fraction of sp³-hybridized carbons (Fsp3) is 1.00. The largest absolute Gasteiger partial charge is 0.330 e. The van der Waals surface area contributed by atoms with Gasteiger partial charge < -0.3 is 5.73 Å². The lowest BCUT2D eigenvalue weighted by atomic mass is 9.71. The van der Waals surface area contributed by atoms with Crippen LogP contribution in [0.3, 0.4) is 0 Å². The molecule has 1 heterocycles. The van der Waals surface area contributed by atoms with Gasteiger partial charge in [0.25, 0.3) is 0 Å². The van der Waals surface area contributed by atoms with Crippen LogP contribution in [0.25, 0.3) is 0 Å². The Morgan fingerprint density at radius 3 is 2.33 bits per heavy atom. The van der Waals surface area contributed by atoms with Crippen molar-refractivity contribution in [3.05, 3.63) is 0 Å². The molecule has 0 aromatic heterocycles. The number of hydrogen-bond donors (Lipinski definition) is 1. The van der Waals surface area contributed by atoms with Crippen LogP contribution in [0.1, 0.15) is 47.5 Å². The van der Waals surface area contributed by atoms with E-state index in [0.717, 1.165) is 12.5 Å². The summed E-state index contributed by atoms with van der Waals surface area (Å²) in [6, 6.07) is 0. The Kier molecular flexibility index (Phi) is 3.83. The van der Waals surface area contributed by atoms with Crippen molar-refractivity contribution in [2.24, 2.45) is 17.1 Å². The molecule has 2 nitrogen and oxygen atoms in total. The molecule has 0 radical (unpaired) electrons. The Hall–Kier alpha value is -0.0800. The van der Waals surface area contributed by atoms with Crippen molar-refractivity contribution < 1.29 is 0 Å². The van der Waals surface area contributed by atoms with Crippen molar-refractivity contribution in [3.63, 3.8) is 0 Å². The number of piperidine rings is 1. The van der Waals surface area contributed by atoms with Crippen LogP contribution in [-0.4, -0.2) is 30.1 Å². The van der Waals surface area contributed by atoms with Crippen molar-refractivity contribution in [2.75, 3.05) is 19.6 Å². The molecule has 0 aliphatic carbocycles. The molecule has 15 heavy (non-hydrogen) atoms. The van der Waals surface area contributed by atoms with E-state index in [2.05, 4.69) is 39.5 Å². The first-order chi connectivity index (χ1) is 6.77. The van der Waals surface area contributed by atoms with E-state index >= 15 is 0 Å². The van der Waals surface area contributed by atoms with E-state index in [1.54, 1.807) is 0 Å². The van der Waals surface area contributed by atoms with Crippen molar-refractivity contribution in [2.45, 2.75) is 53.0 Å². The molecule has 0 amide bonds. The van der Waals surface area contributed by atoms with Gasteiger partial charge in [0.1, 0.15) is 0 Å². The zero-order chi connectivity index (χ0) is 11.7. The molecule has 1 unspecified atom stereocenters. The van der Waals surface area contributed by atoms with Crippen LogP contribution in [0, 0.1) is 11.3 Å². The monoisotopic (exact) mass is 212 g/mol. The summed E-state index contributed by atoms with van der Waals surface area (Å²) < 4.78 is 0. The molecule has 1 saturated heterocycles. The minimum atomic E-state index is 0.310. The van der Waals surface area contributed by atoms with E-state index in [4.69, 9.17) is 5.73 Å². The summed E-state index contributed by atoms with van der Waals surface area (Å²) >= 11 is 0. The first-order valence-electron chi connectivity index (χ1n) is 6.22. The number of rotatable bonds is 2. The van der Waals surface area contributed by atoms with Gasteiger partial charge in [-0.2, -0.15) is 0 Å². The van der Waals surface area contributed by atoms with Gasteiger partial charge in [-0.25, -0.2) is 0 Å². The Morgan fingerprint density at radius 2 is 1.93 bits per heavy atom. The van der Waals surface area contributed by atoms with Crippen molar-refractivity contribution >= 4 is 0 Å². The second kappa shape index (κ2) is 4.42. The minimum absolute atomic E-state index is 0.310. The third-order valence-corrected chi connectivity index (χ3v) is 3.91. The summed E-state index contributed by atoms with van der Waals surface area (Å²) in [5.41, 5.74) is 6.42. The maximum absolute atomic E-state index is 5.69. The standard InChI is InChI=1S/C13H28N2/c1-12(2,3)15-9-7-11(6-8-14)13(4,5)10-15/h11H,6-10,14H2,1-5H3. The molecule has 2 heteroatoms. The molecule has 0 aromatic carbocycles. The molecule has 2 N–H and O–H groups in total. The first kappa shape index (κ1) is 13.0. The number of nitrogens with zero attached hydrogens (tertiary/aromatic N) is 1. The molecule has 1 aliphatic heterocycles. The van der Waals surface area contributed by atoms with Crippen molar-refractivity contribution in [1.29, 1.82) is 0 Å². The van der Waals surface area contributed by atoms with Crippen LogP contribution in [0.5, 0.6) is 0 Å². The smallest absolute Gasteiger partial charge is 0.0125 e. The van der Waals surface area contributed by atoms with Crippen molar-refractivity contribution in [3.8, 4) is 0 Å². The second-order valence-corrected chi connectivity index (χ2v) is 6.64. The fourth-order valence-electron chi connectivity index (χ4n) is 2.71. The highest BCUT2D eigenvalue weighted by molar-refractivity contribution is 4.91. The molecule has 1 aliphatic rings. The fourth-order valence-corrected chi connectivity index (χ4v) is 2.71. The summed E-state index contributed by atoms with van der Waals surface area (Å²) in [6.45, 7) is 15.0.